The molecule has 3 aromatic rings. The minimum Gasteiger partial charge on any atom is -0.338 e. The Labute approximate surface area is 161 Å². The topological polar surface area (TPSA) is 41.4 Å². The molecule has 0 atom stereocenters. The summed E-state index contributed by atoms with van der Waals surface area (Å²) in [5.41, 5.74) is 1.92. The van der Waals surface area contributed by atoms with Crippen LogP contribution in [0.3, 0.4) is 0 Å². The highest BCUT2D eigenvalue weighted by Gasteiger charge is 2.24. The van der Waals surface area contributed by atoms with Crippen molar-refractivity contribution in [3.8, 4) is 0 Å². The van der Waals surface area contributed by atoms with Crippen molar-refractivity contribution in [1.82, 2.24) is 19.4 Å². The molecule has 4 heterocycles. The SMILES string of the molecule is Cc1nc(CN2CCN(C(=O)c3cccn3Cc3cccs3)CC2)cs1. The zero-order chi connectivity index (χ0) is 17.9. The second-order valence-electron chi connectivity index (χ2n) is 6.53. The van der Waals surface area contributed by atoms with Gasteiger partial charge in [0, 0.05) is 49.2 Å². The lowest BCUT2D eigenvalue weighted by atomic mass is 10.2. The fraction of sp³-hybridized carbons (Fsp3) is 0.368. The summed E-state index contributed by atoms with van der Waals surface area (Å²) in [6.45, 7) is 7.01. The van der Waals surface area contributed by atoms with Gasteiger partial charge in [0.2, 0.25) is 0 Å². The van der Waals surface area contributed by atoms with Gasteiger partial charge in [-0.25, -0.2) is 4.98 Å². The van der Waals surface area contributed by atoms with Crippen LogP contribution in [0.25, 0.3) is 0 Å². The second-order valence-corrected chi connectivity index (χ2v) is 8.62. The molecular formula is C19H22N4OS2. The predicted molar refractivity (Wildman–Crippen MR) is 106 cm³/mol. The molecule has 7 heteroatoms. The number of thiophene rings is 1. The van der Waals surface area contributed by atoms with Crippen molar-refractivity contribution in [2.75, 3.05) is 26.2 Å². The quantitative estimate of drug-likeness (QED) is 0.675. The van der Waals surface area contributed by atoms with Crippen molar-refractivity contribution in [1.29, 1.82) is 0 Å². The number of rotatable bonds is 5. The molecule has 0 radical (unpaired) electrons. The average Bonchev–Trinajstić information content (AvgIpc) is 3.39. The van der Waals surface area contributed by atoms with Crippen molar-refractivity contribution in [3.63, 3.8) is 0 Å². The third kappa shape index (κ3) is 3.90. The van der Waals surface area contributed by atoms with Crippen LogP contribution >= 0.6 is 22.7 Å². The van der Waals surface area contributed by atoms with Crippen LogP contribution in [0.4, 0.5) is 0 Å². The molecule has 1 aliphatic heterocycles. The van der Waals surface area contributed by atoms with Crippen molar-refractivity contribution >= 4 is 28.6 Å². The maximum absolute atomic E-state index is 13.0. The smallest absolute Gasteiger partial charge is 0.270 e. The van der Waals surface area contributed by atoms with Gasteiger partial charge in [0.05, 0.1) is 17.2 Å². The minimum atomic E-state index is 0.135. The van der Waals surface area contributed by atoms with Crippen LogP contribution in [0.5, 0.6) is 0 Å². The highest BCUT2D eigenvalue weighted by Crippen LogP contribution is 2.16. The van der Waals surface area contributed by atoms with E-state index in [1.54, 1.807) is 22.7 Å². The number of aromatic nitrogens is 2. The van der Waals surface area contributed by atoms with Gasteiger partial charge in [-0.1, -0.05) is 6.07 Å². The van der Waals surface area contributed by atoms with Gasteiger partial charge in [0.15, 0.2) is 0 Å². The van der Waals surface area contributed by atoms with Gasteiger partial charge in [-0.15, -0.1) is 22.7 Å². The fourth-order valence-electron chi connectivity index (χ4n) is 3.30. The number of thiazole rings is 1. The zero-order valence-corrected chi connectivity index (χ0v) is 16.4. The van der Waals surface area contributed by atoms with E-state index in [9.17, 15) is 4.79 Å². The summed E-state index contributed by atoms with van der Waals surface area (Å²) in [6.07, 6.45) is 1.99. The van der Waals surface area contributed by atoms with Gasteiger partial charge in [0.25, 0.3) is 5.91 Å². The molecule has 3 aromatic heterocycles. The van der Waals surface area contributed by atoms with Crippen LogP contribution in [0.2, 0.25) is 0 Å². The lowest BCUT2D eigenvalue weighted by Crippen LogP contribution is -2.48. The largest absolute Gasteiger partial charge is 0.338 e. The Balaban J connectivity index is 1.36. The molecule has 26 heavy (non-hydrogen) atoms. The fourth-order valence-corrected chi connectivity index (χ4v) is 4.60. The maximum Gasteiger partial charge on any atom is 0.270 e. The van der Waals surface area contributed by atoms with Crippen molar-refractivity contribution in [2.24, 2.45) is 0 Å². The zero-order valence-electron chi connectivity index (χ0n) is 14.8. The number of carbonyl (C=O) groups is 1. The molecule has 1 saturated heterocycles. The highest BCUT2D eigenvalue weighted by molar-refractivity contribution is 7.10. The first kappa shape index (κ1) is 17.5. The monoisotopic (exact) mass is 386 g/mol. The van der Waals surface area contributed by atoms with E-state index in [0.29, 0.717) is 0 Å². The number of piperazine rings is 1. The molecule has 1 amide bonds. The van der Waals surface area contributed by atoms with Gasteiger partial charge in [-0.3, -0.25) is 9.69 Å². The molecule has 4 rings (SSSR count). The Kier molecular flexibility index (Phi) is 5.19. The summed E-state index contributed by atoms with van der Waals surface area (Å²) in [6, 6.07) is 8.05. The van der Waals surface area contributed by atoms with Crippen LogP contribution in [-0.4, -0.2) is 51.4 Å². The second kappa shape index (κ2) is 7.73. The number of aryl methyl sites for hydroxylation is 1. The van der Waals surface area contributed by atoms with Crippen LogP contribution in [0, 0.1) is 6.92 Å². The third-order valence-corrected chi connectivity index (χ3v) is 6.35. The standard InChI is InChI=1S/C19H22N4OS2/c1-15-20-16(14-26-15)12-21-7-9-22(10-8-21)19(24)18-5-2-6-23(18)13-17-4-3-11-25-17/h2-6,11,14H,7-10,12-13H2,1H3. The summed E-state index contributed by atoms with van der Waals surface area (Å²) >= 11 is 3.42. The predicted octanol–water partition coefficient (Wildman–Crippen LogP) is 3.32. The third-order valence-electron chi connectivity index (χ3n) is 4.67. The Bertz CT molecular complexity index is 860. The van der Waals surface area contributed by atoms with Crippen LogP contribution in [0.15, 0.2) is 41.2 Å². The molecule has 0 spiro atoms. The molecule has 0 unspecified atom stereocenters. The van der Waals surface area contributed by atoms with Crippen LogP contribution in [0.1, 0.15) is 26.1 Å². The molecule has 136 valence electrons. The van der Waals surface area contributed by atoms with Crippen molar-refractivity contribution in [3.05, 3.63) is 62.5 Å². The molecule has 0 bridgehead atoms. The van der Waals surface area contributed by atoms with Gasteiger partial charge >= 0.3 is 0 Å². The normalized spacial score (nSPS) is 15.5. The van der Waals surface area contributed by atoms with Crippen molar-refractivity contribution < 1.29 is 4.79 Å². The van der Waals surface area contributed by atoms with Gasteiger partial charge in [-0.2, -0.15) is 0 Å². The molecule has 0 aromatic carbocycles. The van der Waals surface area contributed by atoms with E-state index >= 15 is 0 Å². The minimum absolute atomic E-state index is 0.135. The summed E-state index contributed by atoms with van der Waals surface area (Å²) < 4.78 is 2.05. The van der Waals surface area contributed by atoms with Crippen LogP contribution < -0.4 is 0 Å². The summed E-state index contributed by atoms with van der Waals surface area (Å²) in [5, 5.41) is 5.31. The van der Waals surface area contributed by atoms with Crippen molar-refractivity contribution in [2.45, 2.75) is 20.0 Å². The average molecular weight is 387 g/mol. The number of nitrogens with zero attached hydrogens (tertiary/aromatic N) is 4. The Hall–Kier alpha value is -1.96. The molecule has 0 saturated carbocycles. The lowest BCUT2D eigenvalue weighted by molar-refractivity contribution is 0.0617. The number of hydrogen-bond acceptors (Lipinski definition) is 5. The first-order chi connectivity index (χ1) is 12.7. The highest BCUT2D eigenvalue weighted by atomic mass is 32.1. The van der Waals surface area contributed by atoms with Gasteiger partial charge in [0.1, 0.15) is 5.69 Å². The van der Waals surface area contributed by atoms with Gasteiger partial charge in [-0.05, 0) is 30.5 Å². The Morgan fingerprint density at radius 3 is 2.65 bits per heavy atom. The first-order valence-corrected chi connectivity index (χ1v) is 10.5. The van der Waals surface area contributed by atoms with E-state index in [1.165, 1.54) is 4.88 Å². The molecule has 5 nitrogen and oxygen atoms in total. The van der Waals surface area contributed by atoms with E-state index in [-0.39, 0.29) is 5.91 Å². The van der Waals surface area contributed by atoms with E-state index < -0.39 is 0 Å². The van der Waals surface area contributed by atoms with E-state index in [0.717, 1.165) is 55.7 Å². The van der Waals surface area contributed by atoms with E-state index in [4.69, 9.17) is 0 Å². The molecular weight excluding hydrogens is 364 g/mol. The maximum atomic E-state index is 13.0. The van der Waals surface area contributed by atoms with E-state index in [1.807, 2.05) is 36.2 Å². The summed E-state index contributed by atoms with van der Waals surface area (Å²) in [4.78, 5) is 23.1. The van der Waals surface area contributed by atoms with E-state index in [2.05, 4.69) is 31.3 Å². The summed E-state index contributed by atoms with van der Waals surface area (Å²) in [7, 11) is 0. The molecule has 1 fully saturated rings. The summed E-state index contributed by atoms with van der Waals surface area (Å²) in [5.74, 6) is 0.135. The molecule has 1 aliphatic rings. The first-order valence-electron chi connectivity index (χ1n) is 8.79. The van der Waals surface area contributed by atoms with Crippen LogP contribution in [-0.2, 0) is 13.1 Å². The Morgan fingerprint density at radius 2 is 1.96 bits per heavy atom. The van der Waals surface area contributed by atoms with Gasteiger partial charge < -0.3 is 9.47 Å². The number of amides is 1. The molecule has 0 N–H and O–H groups in total. The number of hydrogen-bond donors (Lipinski definition) is 0. The Morgan fingerprint density at radius 1 is 1.12 bits per heavy atom. The molecule has 0 aliphatic carbocycles. The lowest BCUT2D eigenvalue weighted by Gasteiger charge is -2.34. The number of carbonyl (C=O) groups excluding carboxylic acids is 1.